The molecule has 2 N–H and O–H groups in total. The molecule has 35 heavy (non-hydrogen) atoms. The van der Waals surface area contributed by atoms with Gasteiger partial charge in [-0.25, -0.2) is 4.52 Å². The molecular formula is C25H25N7O3. The van der Waals surface area contributed by atoms with Crippen molar-refractivity contribution in [3.63, 3.8) is 0 Å². The number of benzene rings is 1. The molecule has 0 radical (unpaired) electrons. The van der Waals surface area contributed by atoms with E-state index in [1.807, 2.05) is 69.7 Å². The van der Waals surface area contributed by atoms with Crippen LogP contribution in [0, 0.1) is 6.92 Å². The summed E-state index contributed by atoms with van der Waals surface area (Å²) in [4.78, 5) is 17.5. The zero-order chi connectivity index (χ0) is 24.5. The molecule has 0 saturated carbocycles. The summed E-state index contributed by atoms with van der Waals surface area (Å²) < 4.78 is 8.68. The number of carbonyl (C=O) groups is 1. The molecule has 0 bridgehead atoms. The van der Waals surface area contributed by atoms with Gasteiger partial charge in [0.2, 0.25) is 11.7 Å². The van der Waals surface area contributed by atoms with E-state index in [2.05, 4.69) is 25.7 Å². The Bertz CT molecular complexity index is 1510. The van der Waals surface area contributed by atoms with Gasteiger partial charge in [-0.1, -0.05) is 24.2 Å². The Hall–Kier alpha value is -4.31. The lowest BCUT2D eigenvalue weighted by Gasteiger charge is -2.09. The third-order valence-electron chi connectivity index (χ3n) is 5.86. The first kappa shape index (κ1) is 22.5. The average Bonchev–Trinajstić information content (AvgIpc) is 3.59. The minimum atomic E-state index is -0.526. The Labute approximate surface area is 201 Å². The van der Waals surface area contributed by atoms with Crippen LogP contribution in [0.2, 0.25) is 0 Å². The number of amides is 1. The van der Waals surface area contributed by atoms with Crippen LogP contribution in [0.4, 0.5) is 5.69 Å². The molecule has 0 spiro atoms. The Morgan fingerprint density at radius 2 is 2.03 bits per heavy atom. The average molecular weight is 472 g/mol. The first-order valence-electron chi connectivity index (χ1n) is 11.3. The SMILES string of the molecule is CC[C@H](O)Cc1nc(-c2ccc(C)c(NC(=O)c3cnn4cc(-c5ccn(C)n5)ccc34)c2)no1. The number of aliphatic hydroxyl groups excluding tert-OH is 1. The van der Waals surface area contributed by atoms with E-state index in [0.29, 0.717) is 46.9 Å². The predicted molar refractivity (Wildman–Crippen MR) is 130 cm³/mol. The van der Waals surface area contributed by atoms with Crippen LogP contribution in [0.25, 0.3) is 28.2 Å². The van der Waals surface area contributed by atoms with Crippen molar-refractivity contribution in [1.29, 1.82) is 0 Å². The van der Waals surface area contributed by atoms with Crippen molar-refractivity contribution in [1.82, 2.24) is 29.5 Å². The maximum absolute atomic E-state index is 13.1. The Balaban J connectivity index is 1.38. The van der Waals surface area contributed by atoms with Crippen LogP contribution in [0.3, 0.4) is 0 Å². The maximum atomic E-state index is 13.1. The summed E-state index contributed by atoms with van der Waals surface area (Å²) in [5.74, 6) is 0.500. The molecule has 5 rings (SSSR count). The third-order valence-corrected chi connectivity index (χ3v) is 5.86. The predicted octanol–water partition coefficient (Wildman–Crippen LogP) is 3.66. The number of fused-ring (bicyclic) bond motifs is 1. The van der Waals surface area contributed by atoms with Gasteiger partial charge in [-0.3, -0.25) is 9.48 Å². The van der Waals surface area contributed by atoms with Crippen LogP contribution in [0.5, 0.6) is 0 Å². The summed E-state index contributed by atoms with van der Waals surface area (Å²) in [6, 6.07) is 11.3. The number of aromatic nitrogens is 6. The minimum absolute atomic E-state index is 0.272. The first-order chi connectivity index (χ1) is 16.9. The van der Waals surface area contributed by atoms with Gasteiger partial charge in [0.25, 0.3) is 5.91 Å². The van der Waals surface area contributed by atoms with Gasteiger partial charge in [-0.05, 0) is 43.2 Å². The zero-order valence-electron chi connectivity index (χ0n) is 19.6. The molecule has 0 aliphatic carbocycles. The van der Waals surface area contributed by atoms with Gasteiger partial charge < -0.3 is 14.9 Å². The fourth-order valence-corrected chi connectivity index (χ4v) is 3.77. The summed E-state index contributed by atoms with van der Waals surface area (Å²) >= 11 is 0. The fraction of sp³-hybridized carbons (Fsp3) is 0.240. The fourth-order valence-electron chi connectivity index (χ4n) is 3.77. The van der Waals surface area contributed by atoms with E-state index in [-0.39, 0.29) is 5.91 Å². The molecule has 1 amide bonds. The molecule has 1 atom stereocenters. The second kappa shape index (κ2) is 9.15. The lowest BCUT2D eigenvalue weighted by Crippen LogP contribution is -2.12. The van der Waals surface area contributed by atoms with Crippen LogP contribution in [-0.2, 0) is 13.5 Å². The van der Waals surface area contributed by atoms with Crippen molar-refractivity contribution in [2.45, 2.75) is 32.8 Å². The number of nitrogens with one attached hydrogen (secondary N) is 1. The highest BCUT2D eigenvalue weighted by Crippen LogP contribution is 2.25. The smallest absolute Gasteiger partial charge is 0.259 e. The molecule has 0 aliphatic rings. The van der Waals surface area contributed by atoms with Crippen molar-refractivity contribution in [3.05, 3.63) is 72.0 Å². The number of nitrogens with zero attached hydrogens (tertiary/aromatic N) is 6. The van der Waals surface area contributed by atoms with Gasteiger partial charge in [0, 0.05) is 36.3 Å². The van der Waals surface area contributed by atoms with Crippen molar-refractivity contribution in [2.75, 3.05) is 5.32 Å². The van der Waals surface area contributed by atoms with Crippen LogP contribution in [0.15, 0.2) is 59.5 Å². The van der Waals surface area contributed by atoms with Crippen LogP contribution < -0.4 is 5.32 Å². The summed E-state index contributed by atoms with van der Waals surface area (Å²) in [7, 11) is 1.86. The number of aryl methyl sites for hydroxylation is 2. The summed E-state index contributed by atoms with van der Waals surface area (Å²) in [6.07, 6.45) is 5.66. The topological polar surface area (TPSA) is 123 Å². The largest absolute Gasteiger partial charge is 0.393 e. The van der Waals surface area contributed by atoms with Gasteiger partial charge in [0.1, 0.15) is 0 Å². The normalized spacial score (nSPS) is 12.2. The summed E-state index contributed by atoms with van der Waals surface area (Å²) in [6.45, 7) is 3.80. The Morgan fingerprint density at radius 1 is 1.20 bits per heavy atom. The molecule has 0 fully saturated rings. The minimum Gasteiger partial charge on any atom is -0.393 e. The third kappa shape index (κ3) is 4.56. The van der Waals surface area contributed by atoms with Gasteiger partial charge in [0.15, 0.2) is 0 Å². The quantitative estimate of drug-likeness (QED) is 0.371. The molecule has 4 heterocycles. The molecule has 10 heteroatoms. The van der Waals surface area contributed by atoms with Gasteiger partial charge >= 0.3 is 0 Å². The van der Waals surface area contributed by atoms with E-state index in [1.54, 1.807) is 15.4 Å². The van der Waals surface area contributed by atoms with Crippen molar-refractivity contribution < 1.29 is 14.4 Å². The number of hydrogen-bond donors (Lipinski definition) is 2. The molecule has 0 aliphatic heterocycles. The van der Waals surface area contributed by atoms with E-state index in [0.717, 1.165) is 16.8 Å². The van der Waals surface area contributed by atoms with E-state index in [4.69, 9.17) is 4.52 Å². The number of aliphatic hydroxyl groups is 1. The summed E-state index contributed by atoms with van der Waals surface area (Å²) in [5.41, 5.74) is 5.11. The van der Waals surface area contributed by atoms with Crippen molar-refractivity contribution in [3.8, 4) is 22.6 Å². The lowest BCUT2D eigenvalue weighted by molar-refractivity contribution is 0.102. The summed E-state index contributed by atoms with van der Waals surface area (Å²) in [5, 5.41) is 25.6. The zero-order valence-corrected chi connectivity index (χ0v) is 19.6. The first-order valence-corrected chi connectivity index (χ1v) is 11.3. The maximum Gasteiger partial charge on any atom is 0.259 e. The number of hydrogen-bond acceptors (Lipinski definition) is 7. The van der Waals surface area contributed by atoms with E-state index < -0.39 is 6.10 Å². The highest BCUT2D eigenvalue weighted by Gasteiger charge is 2.17. The molecular weight excluding hydrogens is 446 g/mol. The molecule has 0 unspecified atom stereocenters. The highest BCUT2D eigenvalue weighted by atomic mass is 16.5. The van der Waals surface area contributed by atoms with E-state index in [9.17, 15) is 9.90 Å². The molecule has 10 nitrogen and oxygen atoms in total. The molecule has 0 saturated heterocycles. The van der Waals surface area contributed by atoms with Crippen LogP contribution in [0.1, 0.15) is 35.2 Å². The monoisotopic (exact) mass is 471 g/mol. The number of rotatable bonds is 7. The second-order valence-electron chi connectivity index (χ2n) is 8.44. The molecule has 5 aromatic rings. The Morgan fingerprint density at radius 3 is 2.80 bits per heavy atom. The molecule has 4 aromatic heterocycles. The molecule has 1 aromatic carbocycles. The molecule has 178 valence electrons. The Kier molecular flexibility index (Phi) is 5.87. The van der Waals surface area contributed by atoms with E-state index in [1.165, 1.54) is 0 Å². The second-order valence-corrected chi connectivity index (χ2v) is 8.44. The number of carbonyl (C=O) groups excluding carboxylic acids is 1. The standard InChI is InChI=1S/C25H25N7O3/c1-4-18(33)12-23-28-24(30-35-23)16-6-5-15(2)21(11-16)27-25(34)19-13-26-32-14-17(7-8-22(19)32)20-9-10-31(3)29-20/h5-11,13-14,18,33H,4,12H2,1-3H3,(H,27,34)/t18-/m0/s1. The van der Waals surface area contributed by atoms with Crippen LogP contribution >= 0.6 is 0 Å². The van der Waals surface area contributed by atoms with Gasteiger partial charge in [-0.2, -0.15) is 15.2 Å². The lowest BCUT2D eigenvalue weighted by atomic mass is 10.1. The van der Waals surface area contributed by atoms with Crippen molar-refractivity contribution in [2.24, 2.45) is 7.05 Å². The number of anilines is 1. The number of pyridine rings is 1. The highest BCUT2D eigenvalue weighted by molar-refractivity contribution is 6.09. The van der Waals surface area contributed by atoms with Crippen molar-refractivity contribution >= 4 is 17.1 Å². The van der Waals surface area contributed by atoms with E-state index >= 15 is 0 Å². The van der Waals surface area contributed by atoms with Gasteiger partial charge in [-0.15, -0.1) is 0 Å². The van der Waals surface area contributed by atoms with Crippen LogP contribution in [-0.4, -0.2) is 46.7 Å². The van der Waals surface area contributed by atoms with Gasteiger partial charge in [0.05, 0.1) is 35.5 Å².